The smallest absolute Gasteiger partial charge is 0.328 e. The van der Waals surface area contributed by atoms with Crippen molar-refractivity contribution in [3.8, 4) is 0 Å². The molecule has 2 unspecified atom stereocenters. The largest absolute Gasteiger partial charge is 0.343 e. The number of rotatable bonds is 12. The first-order chi connectivity index (χ1) is 9.37. The summed E-state index contributed by atoms with van der Waals surface area (Å²) in [6.45, 7) is 7.65. The van der Waals surface area contributed by atoms with Crippen LogP contribution in [0, 0.1) is 0 Å². The first-order valence-electron chi connectivity index (χ1n) is 7.04. The molecule has 0 radical (unpaired) electrons. The maximum absolute atomic E-state index is 12.9. The molecule has 0 spiro atoms. The quantitative estimate of drug-likeness (QED) is 0.263. The summed E-state index contributed by atoms with van der Waals surface area (Å²) >= 11 is 3.36. The van der Waals surface area contributed by atoms with E-state index >= 15 is 0 Å². The van der Waals surface area contributed by atoms with Crippen molar-refractivity contribution in [1.29, 1.82) is 0 Å². The first kappa shape index (κ1) is 20.8. The predicted octanol–water partition coefficient (Wildman–Crippen LogP) is 5.09. The average molecular weight is 393 g/mol. The van der Waals surface area contributed by atoms with Crippen molar-refractivity contribution in [2.75, 3.05) is 31.8 Å². The molecule has 8 heteroatoms. The molecule has 0 N–H and O–H groups in total. The van der Waals surface area contributed by atoms with Crippen molar-refractivity contribution in [2.45, 2.75) is 45.4 Å². The molecule has 0 aromatic carbocycles. The zero-order valence-electron chi connectivity index (χ0n) is 12.8. The Labute approximate surface area is 131 Å². The average Bonchev–Trinajstić information content (AvgIpc) is 2.34. The van der Waals surface area contributed by atoms with Crippen molar-refractivity contribution in [1.82, 2.24) is 0 Å². The Balaban J connectivity index is 5.24. The molecule has 2 atom stereocenters. The molecule has 122 valence electrons. The van der Waals surface area contributed by atoms with Crippen molar-refractivity contribution < 1.29 is 22.7 Å². The zero-order chi connectivity index (χ0) is 15.6. The monoisotopic (exact) mass is 392 g/mol. The maximum Gasteiger partial charge on any atom is 0.343 e. The molecule has 0 aromatic heterocycles. The van der Waals surface area contributed by atoms with E-state index in [2.05, 4.69) is 15.9 Å². The van der Waals surface area contributed by atoms with Crippen LogP contribution in [0.1, 0.15) is 40.0 Å². The van der Waals surface area contributed by atoms with Gasteiger partial charge in [-0.1, -0.05) is 22.4 Å². The Morgan fingerprint density at radius 3 is 1.85 bits per heavy atom. The molecule has 0 heterocycles. The van der Waals surface area contributed by atoms with Gasteiger partial charge in [0.25, 0.3) is 0 Å². The van der Waals surface area contributed by atoms with Gasteiger partial charge in [0, 0.05) is 12.0 Å². The number of hydrogen-bond acceptors (Lipinski definition) is 5. The second-order valence-corrected chi connectivity index (χ2v) is 10.5. The van der Waals surface area contributed by atoms with Gasteiger partial charge in [-0.15, -0.1) is 0 Å². The summed E-state index contributed by atoms with van der Waals surface area (Å²) in [5.74, 6) is 0. The summed E-state index contributed by atoms with van der Waals surface area (Å²) in [6.07, 6.45) is 2.22. The van der Waals surface area contributed by atoms with Gasteiger partial charge in [-0.25, -0.2) is 0 Å². The first-order valence-corrected chi connectivity index (χ1v) is 11.9. The molecule has 0 saturated carbocycles. The molecule has 0 aliphatic rings. The van der Waals surface area contributed by atoms with E-state index in [0.29, 0.717) is 13.0 Å². The van der Waals surface area contributed by atoms with Gasteiger partial charge in [0.05, 0.1) is 19.8 Å². The van der Waals surface area contributed by atoms with E-state index in [1.165, 1.54) is 6.66 Å². The lowest BCUT2D eigenvalue weighted by Gasteiger charge is -2.30. The molecule has 0 aliphatic carbocycles. The second-order valence-electron chi connectivity index (χ2n) is 4.37. The summed E-state index contributed by atoms with van der Waals surface area (Å²) in [5, 5.41) is 0.171. The van der Waals surface area contributed by atoms with Gasteiger partial charge in [0.1, 0.15) is 5.40 Å². The van der Waals surface area contributed by atoms with Crippen LogP contribution in [0.3, 0.4) is 0 Å². The predicted molar refractivity (Wildman–Crippen MR) is 87.4 cm³/mol. The van der Waals surface area contributed by atoms with Crippen LogP contribution in [0.2, 0.25) is 0 Å². The number of halogens is 1. The van der Waals surface area contributed by atoms with Gasteiger partial charge in [-0.3, -0.25) is 9.13 Å². The molecule has 0 amide bonds. The SMILES string of the molecule is CCOP(C)(=O)C(CCCCBr)P(=O)(OCC)OCC. The highest BCUT2D eigenvalue weighted by Crippen LogP contribution is 2.69. The molecule has 0 rings (SSSR count). The third-order valence-electron chi connectivity index (χ3n) is 2.76. The van der Waals surface area contributed by atoms with E-state index in [1.54, 1.807) is 20.8 Å². The molecule has 0 bridgehead atoms. The van der Waals surface area contributed by atoms with Crippen LogP contribution in [0.5, 0.6) is 0 Å². The van der Waals surface area contributed by atoms with Gasteiger partial charge in [0.15, 0.2) is 0 Å². The van der Waals surface area contributed by atoms with Gasteiger partial charge in [-0.05, 0) is 33.6 Å². The molecule has 5 nitrogen and oxygen atoms in total. The van der Waals surface area contributed by atoms with E-state index in [9.17, 15) is 9.13 Å². The standard InChI is InChI=1S/C12H27BrO5P2/c1-5-16-19(4,14)12(10-8-9-11-13)20(15,17-6-2)18-7-3/h12H,5-11H2,1-4H3. The van der Waals surface area contributed by atoms with E-state index in [0.717, 1.165) is 18.2 Å². The fourth-order valence-corrected chi connectivity index (χ4v) is 8.01. The Bertz CT molecular complexity index is 341. The van der Waals surface area contributed by atoms with Crippen LogP contribution < -0.4 is 0 Å². The maximum atomic E-state index is 12.9. The van der Waals surface area contributed by atoms with Crippen LogP contribution in [0.25, 0.3) is 0 Å². The molecular formula is C12H27BrO5P2. The van der Waals surface area contributed by atoms with Crippen molar-refractivity contribution in [3.05, 3.63) is 0 Å². The summed E-state index contributed by atoms with van der Waals surface area (Å²) in [7, 11) is -6.48. The fourth-order valence-electron chi connectivity index (χ4n) is 1.98. The lowest BCUT2D eigenvalue weighted by atomic mass is 10.3. The lowest BCUT2D eigenvalue weighted by Crippen LogP contribution is -2.16. The molecular weight excluding hydrogens is 366 g/mol. The van der Waals surface area contributed by atoms with Crippen LogP contribution in [0.15, 0.2) is 0 Å². The third kappa shape index (κ3) is 6.72. The summed E-state index contributed by atoms with van der Waals surface area (Å²) in [6, 6.07) is 0. The zero-order valence-corrected chi connectivity index (χ0v) is 16.2. The Morgan fingerprint density at radius 2 is 1.45 bits per heavy atom. The van der Waals surface area contributed by atoms with E-state index in [4.69, 9.17) is 13.6 Å². The normalized spacial score (nSPS) is 16.9. The van der Waals surface area contributed by atoms with Gasteiger partial charge in [-0.2, -0.15) is 0 Å². The summed E-state index contributed by atoms with van der Waals surface area (Å²) in [4.78, 5) is 0. The van der Waals surface area contributed by atoms with Crippen LogP contribution in [0.4, 0.5) is 0 Å². The van der Waals surface area contributed by atoms with Crippen molar-refractivity contribution >= 4 is 30.9 Å². The highest BCUT2D eigenvalue weighted by atomic mass is 79.9. The minimum atomic E-state index is -3.42. The minimum absolute atomic E-state index is 0.262. The number of hydrogen-bond donors (Lipinski definition) is 0. The Kier molecular flexibility index (Phi) is 11.0. The van der Waals surface area contributed by atoms with E-state index < -0.39 is 20.4 Å². The molecule has 0 saturated heterocycles. The van der Waals surface area contributed by atoms with Crippen LogP contribution in [-0.2, 0) is 22.7 Å². The highest BCUT2D eigenvalue weighted by molar-refractivity contribution is 9.09. The third-order valence-corrected chi connectivity index (χ3v) is 9.76. The fraction of sp³-hybridized carbons (Fsp3) is 1.00. The van der Waals surface area contributed by atoms with Crippen LogP contribution >= 0.6 is 30.9 Å². The molecule has 0 aliphatic heterocycles. The Hall–Kier alpha value is 0.820. The molecule has 0 fully saturated rings. The summed E-state index contributed by atoms with van der Waals surface area (Å²) in [5.41, 5.74) is 0. The van der Waals surface area contributed by atoms with Gasteiger partial charge >= 0.3 is 7.60 Å². The van der Waals surface area contributed by atoms with E-state index in [1.807, 2.05) is 0 Å². The van der Waals surface area contributed by atoms with E-state index in [-0.39, 0.29) is 13.2 Å². The second kappa shape index (κ2) is 10.5. The van der Waals surface area contributed by atoms with Crippen molar-refractivity contribution in [3.63, 3.8) is 0 Å². The molecule has 0 aromatic rings. The van der Waals surface area contributed by atoms with Crippen LogP contribution in [-0.4, -0.2) is 37.2 Å². The molecule has 20 heavy (non-hydrogen) atoms. The number of unbranched alkanes of at least 4 members (excludes halogenated alkanes) is 1. The summed E-state index contributed by atoms with van der Waals surface area (Å²) < 4.78 is 41.8. The minimum Gasteiger partial charge on any atom is -0.328 e. The van der Waals surface area contributed by atoms with Gasteiger partial charge in [0.2, 0.25) is 7.37 Å². The lowest BCUT2D eigenvalue weighted by molar-refractivity contribution is 0.213. The van der Waals surface area contributed by atoms with Gasteiger partial charge < -0.3 is 13.6 Å². The topological polar surface area (TPSA) is 61.8 Å². The highest BCUT2D eigenvalue weighted by Gasteiger charge is 2.46. The Morgan fingerprint density at radius 1 is 0.950 bits per heavy atom. The van der Waals surface area contributed by atoms with Crippen molar-refractivity contribution in [2.24, 2.45) is 0 Å². The number of alkyl halides is 1.